The van der Waals surface area contributed by atoms with E-state index in [1.807, 2.05) is 54.6 Å². The van der Waals surface area contributed by atoms with Crippen LogP contribution in [0.1, 0.15) is 42.3 Å². The zero-order valence-corrected chi connectivity index (χ0v) is 15.6. The number of hydrogen-bond acceptors (Lipinski definition) is 6. The zero-order chi connectivity index (χ0) is 19.1. The van der Waals surface area contributed by atoms with E-state index in [9.17, 15) is 4.79 Å². The fraction of sp³-hybridized carbons (Fsp3) is 0.273. The smallest absolute Gasteiger partial charge is 0.317 e. The van der Waals surface area contributed by atoms with Crippen molar-refractivity contribution in [1.82, 2.24) is 10.2 Å². The summed E-state index contributed by atoms with van der Waals surface area (Å²) >= 11 is 0. The van der Waals surface area contributed by atoms with E-state index in [1.54, 1.807) is 0 Å². The first-order valence-electron chi connectivity index (χ1n) is 9.47. The molecule has 0 amide bonds. The van der Waals surface area contributed by atoms with Crippen molar-refractivity contribution in [2.75, 3.05) is 5.32 Å². The Bertz CT molecular complexity index is 1070. The maximum Gasteiger partial charge on any atom is 0.317 e. The van der Waals surface area contributed by atoms with Gasteiger partial charge in [-0.15, -0.1) is 5.10 Å². The molecule has 0 radical (unpaired) electrons. The van der Waals surface area contributed by atoms with Gasteiger partial charge >= 0.3 is 6.01 Å². The average molecular weight is 372 g/mol. The van der Waals surface area contributed by atoms with Crippen LogP contribution in [-0.4, -0.2) is 27.9 Å². The summed E-state index contributed by atoms with van der Waals surface area (Å²) in [6, 6.07) is 18.0. The number of Topliss-reactive ketones (excluding diaryl/α,β-unsaturated/α-hetero) is 1. The highest BCUT2D eigenvalue weighted by Gasteiger charge is 2.44. The summed E-state index contributed by atoms with van der Waals surface area (Å²) < 4.78 is 5.77. The summed E-state index contributed by atoms with van der Waals surface area (Å²) in [7, 11) is 0. The molecule has 1 saturated carbocycles. The van der Waals surface area contributed by atoms with Crippen molar-refractivity contribution in [3.8, 4) is 0 Å². The highest BCUT2D eigenvalue weighted by Crippen LogP contribution is 2.47. The molecule has 2 aliphatic rings. The molecule has 1 aliphatic heterocycles. The van der Waals surface area contributed by atoms with Crippen LogP contribution in [0.15, 0.2) is 64.0 Å². The van der Waals surface area contributed by atoms with E-state index in [-0.39, 0.29) is 17.2 Å². The van der Waals surface area contributed by atoms with Crippen LogP contribution in [0.3, 0.4) is 0 Å². The van der Waals surface area contributed by atoms with E-state index in [1.165, 1.54) is 0 Å². The van der Waals surface area contributed by atoms with Gasteiger partial charge in [0, 0.05) is 23.0 Å². The van der Waals surface area contributed by atoms with E-state index < -0.39 is 6.17 Å². The SMILES string of the molecule is CC1(c2nnc(NC3N=C(c4ccccc4)c4ccccc4CC3=O)o2)CC1. The molecule has 0 saturated heterocycles. The number of nitrogens with zero attached hydrogens (tertiary/aromatic N) is 3. The van der Waals surface area contributed by atoms with Gasteiger partial charge in [0.1, 0.15) is 0 Å². The molecule has 3 aromatic rings. The molecular formula is C22H20N4O2. The van der Waals surface area contributed by atoms with Crippen molar-refractivity contribution in [3.05, 3.63) is 77.2 Å². The first-order valence-corrected chi connectivity index (χ1v) is 9.47. The lowest BCUT2D eigenvalue weighted by Crippen LogP contribution is -2.29. The number of rotatable bonds is 4. The van der Waals surface area contributed by atoms with Gasteiger partial charge in [0.2, 0.25) is 5.89 Å². The predicted molar refractivity (Wildman–Crippen MR) is 106 cm³/mol. The monoisotopic (exact) mass is 372 g/mol. The van der Waals surface area contributed by atoms with E-state index in [0.717, 1.165) is 35.2 Å². The van der Waals surface area contributed by atoms with Crippen LogP contribution in [0.25, 0.3) is 0 Å². The fourth-order valence-corrected chi connectivity index (χ4v) is 3.44. The van der Waals surface area contributed by atoms with Gasteiger partial charge < -0.3 is 9.73 Å². The summed E-state index contributed by atoms with van der Waals surface area (Å²) in [6.45, 7) is 2.10. The molecule has 140 valence electrons. The number of aliphatic imine (C=N–C) groups is 1. The summed E-state index contributed by atoms with van der Waals surface area (Å²) in [5, 5.41) is 11.3. The van der Waals surface area contributed by atoms with Gasteiger partial charge in [-0.25, -0.2) is 0 Å². The molecule has 2 aromatic carbocycles. The molecule has 1 unspecified atom stereocenters. The first kappa shape index (κ1) is 16.9. The predicted octanol–water partition coefficient (Wildman–Crippen LogP) is 3.52. The van der Waals surface area contributed by atoms with Gasteiger partial charge in [-0.2, -0.15) is 0 Å². The van der Waals surface area contributed by atoms with E-state index >= 15 is 0 Å². The molecule has 0 bridgehead atoms. The second kappa shape index (κ2) is 6.41. The Morgan fingerprint density at radius 3 is 2.57 bits per heavy atom. The molecule has 1 atom stereocenters. The molecule has 28 heavy (non-hydrogen) atoms. The van der Waals surface area contributed by atoms with Crippen LogP contribution in [-0.2, 0) is 16.6 Å². The molecule has 5 rings (SSSR count). The number of hydrogen-bond donors (Lipinski definition) is 1. The molecule has 1 aromatic heterocycles. The minimum absolute atomic E-state index is 0.0188. The second-order valence-electron chi connectivity index (χ2n) is 7.66. The highest BCUT2D eigenvalue weighted by molar-refractivity contribution is 6.16. The highest BCUT2D eigenvalue weighted by atomic mass is 16.4. The Balaban J connectivity index is 1.53. The molecule has 1 N–H and O–H groups in total. The quantitative estimate of drug-likeness (QED) is 0.758. The Kier molecular flexibility index (Phi) is 3.86. The minimum Gasteiger partial charge on any atom is -0.407 e. The van der Waals surface area contributed by atoms with E-state index in [2.05, 4.69) is 22.4 Å². The van der Waals surface area contributed by atoms with Crippen LogP contribution in [0.4, 0.5) is 6.01 Å². The topological polar surface area (TPSA) is 80.4 Å². The molecule has 6 heteroatoms. The lowest BCUT2D eigenvalue weighted by atomic mass is 9.96. The zero-order valence-electron chi connectivity index (χ0n) is 15.6. The van der Waals surface area contributed by atoms with Crippen LogP contribution in [0, 0.1) is 0 Å². The van der Waals surface area contributed by atoms with Crippen molar-refractivity contribution in [1.29, 1.82) is 0 Å². The third-order valence-electron chi connectivity index (χ3n) is 5.45. The maximum absolute atomic E-state index is 12.9. The van der Waals surface area contributed by atoms with Crippen molar-refractivity contribution < 1.29 is 9.21 Å². The second-order valence-corrected chi connectivity index (χ2v) is 7.66. The first-order chi connectivity index (χ1) is 13.6. The lowest BCUT2D eigenvalue weighted by Gasteiger charge is -2.12. The van der Waals surface area contributed by atoms with Crippen molar-refractivity contribution in [2.45, 2.75) is 37.8 Å². The Hall–Kier alpha value is -3.28. The lowest BCUT2D eigenvalue weighted by molar-refractivity contribution is -0.119. The maximum atomic E-state index is 12.9. The molecule has 2 heterocycles. The van der Waals surface area contributed by atoms with Crippen LogP contribution in [0.5, 0.6) is 0 Å². The Morgan fingerprint density at radius 1 is 1.04 bits per heavy atom. The van der Waals surface area contributed by atoms with Crippen LogP contribution in [0.2, 0.25) is 0 Å². The van der Waals surface area contributed by atoms with Gasteiger partial charge in [0.15, 0.2) is 11.9 Å². The van der Waals surface area contributed by atoms with Crippen LogP contribution < -0.4 is 5.32 Å². The fourth-order valence-electron chi connectivity index (χ4n) is 3.44. The van der Waals surface area contributed by atoms with E-state index in [0.29, 0.717) is 12.3 Å². The van der Waals surface area contributed by atoms with Gasteiger partial charge in [0.25, 0.3) is 0 Å². The summed E-state index contributed by atoms with van der Waals surface area (Å²) in [4.78, 5) is 17.7. The van der Waals surface area contributed by atoms with E-state index in [4.69, 9.17) is 9.41 Å². The average Bonchev–Trinajstić information content (AvgIpc) is 3.32. The minimum atomic E-state index is -0.775. The number of fused-ring (bicyclic) bond motifs is 1. The van der Waals surface area contributed by atoms with Crippen molar-refractivity contribution >= 4 is 17.5 Å². The Morgan fingerprint density at radius 2 is 1.79 bits per heavy atom. The number of nitrogens with one attached hydrogen (secondary N) is 1. The third-order valence-corrected chi connectivity index (χ3v) is 5.45. The number of anilines is 1. The Labute approximate surface area is 162 Å². The normalized spacial score (nSPS) is 20.1. The summed E-state index contributed by atoms with van der Waals surface area (Å²) in [6.07, 6.45) is 1.61. The number of ketones is 1. The molecular weight excluding hydrogens is 352 g/mol. The molecule has 6 nitrogen and oxygen atoms in total. The third kappa shape index (κ3) is 3.01. The van der Waals surface area contributed by atoms with Crippen molar-refractivity contribution in [2.24, 2.45) is 4.99 Å². The molecule has 1 aliphatic carbocycles. The van der Waals surface area contributed by atoms with Gasteiger partial charge in [-0.3, -0.25) is 9.79 Å². The van der Waals surface area contributed by atoms with Crippen molar-refractivity contribution in [3.63, 3.8) is 0 Å². The number of benzene rings is 2. The van der Waals surface area contributed by atoms with Crippen LogP contribution >= 0.6 is 0 Å². The van der Waals surface area contributed by atoms with Gasteiger partial charge in [0.05, 0.1) is 5.71 Å². The summed E-state index contributed by atoms with van der Waals surface area (Å²) in [5.74, 6) is 0.586. The molecule has 1 fully saturated rings. The number of carbonyl (C=O) groups excluding carboxylic acids is 1. The number of aromatic nitrogens is 2. The van der Waals surface area contributed by atoms with Gasteiger partial charge in [-0.1, -0.05) is 66.6 Å². The van der Waals surface area contributed by atoms with Gasteiger partial charge in [-0.05, 0) is 18.4 Å². The molecule has 0 spiro atoms. The number of carbonyl (C=O) groups is 1. The standard InChI is InChI=1S/C22H20N4O2/c1-22(11-12-22)20-25-26-21(28-20)24-19-17(27)13-15-9-5-6-10-16(15)18(23-19)14-7-3-2-4-8-14/h2-10,19H,11-13H2,1H3,(H,24,26). The summed E-state index contributed by atoms with van der Waals surface area (Å²) in [5.41, 5.74) is 3.68. The largest absolute Gasteiger partial charge is 0.407 e.